The molecule has 0 radical (unpaired) electrons. The van der Waals surface area contributed by atoms with Gasteiger partial charge in [0.15, 0.2) is 6.29 Å². The molecule has 0 saturated heterocycles. The maximum absolute atomic E-state index is 5.46. The highest BCUT2D eigenvalue weighted by atomic mass is 16.7. The second-order valence-corrected chi connectivity index (χ2v) is 3.68. The van der Waals surface area contributed by atoms with Crippen LogP contribution >= 0.6 is 0 Å². The van der Waals surface area contributed by atoms with Crippen molar-refractivity contribution in [1.82, 2.24) is 14.9 Å². The van der Waals surface area contributed by atoms with Crippen molar-refractivity contribution in [2.45, 2.75) is 33.1 Å². The number of imidazole rings is 1. The maximum atomic E-state index is 5.46. The van der Waals surface area contributed by atoms with Crippen LogP contribution in [-0.2, 0) is 16.0 Å². The van der Waals surface area contributed by atoms with Crippen LogP contribution in [0.5, 0.6) is 0 Å². The van der Waals surface area contributed by atoms with Crippen LogP contribution in [0, 0.1) is 0 Å². The fourth-order valence-corrected chi connectivity index (χ4v) is 1.56. The highest BCUT2D eigenvalue weighted by molar-refractivity contribution is 4.74. The van der Waals surface area contributed by atoms with Gasteiger partial charge in [-0.3, -0.25) is 0 Å². The summed E-state index contributed by atoms with van der Waals surface area (Å²) in [6.07, 6.45) is 6.38. The van der Waals surface area contributed by atoms with Gasteiger partial charge in [-0.1, -0.05) is 0 Å². The fraction of sp³-hybridized carbons (Fsp3) is 0.750. The second-order valence-electron chi connectivity index (χ2n) is 3.68. The van der Waals surface area contributed by atoms with Crippen LogP contribution in [0.15, 0.2) is 18.7 Å². The van der Waals surface area contributed by atoms with E-state index in [-0.39, 0.29) is 6.29 Å². The smallest absolute Gasteiger partial charge is 0.158 e. The van der Waals surface area contributed by atoms with E-state index in [0.29, 0.717) is 13.2 Å². The van der Waals surface area contributed by atoms with E-state index in [0.717, 1.165) is 26.1 Å². The number of hydrogen-bond donors (Lipinski definition) is 1. The maximum Gasteiger partial charge on any atom is 0.158 e. The third kappa shape index (κ3) is 6.41. The predicted molar refractivity (Wildman–Crippen MR) is 66.8 cm³/mol. The lowest BCUT2D eigenvalue weighted by atomic mass is 10.4. The third-order valence-electron chi connectivity index (χ3n) is 2.37. The van der Waals surface area contributed by atoms with Crippen molar-refractivity contribution in [1.29, 1.82) is 0 Å². The summed E-state index contributed by atoms with van der Waals surface area (Å²) in [6.45, 7) is 8.13. The minimum absolute atomic E-state index is 0.0780. The Morgan fingerprint density at radius 3 is 2.59 bits per heavy atom. The van der Waals surface area contributed by atoms with Gasteiger partial charge in [0.2, 0.25) is 0 Å². The summed E-state index contributed by atoms with van der Waals surface area (Å²) >= 11 is 0. The van der Waals surface area contributed by atoms with Crippen molar-refractivity contribution in [2.75, 3.05) is 26.3 Å². The Kier molecular flexibility index (Phi) is 7.62. The first-order chi connectivity index (χ1) is 8.36. The summed E-state index contributed by atoms with van der Waals surface area (Å²) < 4.78 is 13.0. The van der Waals surface area contributed by atoms with Gasteiger partial charge in [-0.25, -0.2) is 4.98 Å². The quantitative estimate of drug-likeness (QED) is 0.495. The van der Waals surface area contributed by atoms with Crippen LogP contribution < -0.4 is 5.32 Å². The molecule has 0 bridgehead atoms. The lowest BCUT2D eigenvalue weighted by molar-refractivity contribution is -0.138. The molecule has 1 aromatic rings. The highest BCUT2D eigenvalue weighted by Gasteiger charge is 2.06. The molecule has 0 atom stereocenters. The molecule has 0 aliphatic carbocycles. The number of nitrogens with zero attached hydrogens (tertiary/aromatic N) is 2. The first-order valence-corrected chi connectivity index (χ1v) is 6.26. The first-order valence-electron chi connectivity index (χ1n) is 6.26. The Morgan fingerprint density at radius 1 is 1.24 bits per heavy atom. The van der Waals surface area contributed by atoms with Crippen LogP contribution in [0.25, 0.3) is 0 Å². The van der Waals surface area contributed by atoms with Gasteiger partial charge >= 0.3 is 0 Å². The van der Waals surface area contributed by atoms with Crippen LogP contribution in [0.2, 0.25) is 0 Å². The van der Waals surface area contributed by atoms with E-state index in [9.17, 15) is 0 Å². The molecule has 98 valence electrons. The van der Waals surface area contributed by atoms with Crippen LogP contribution in [0.4, 0.5) is 0 Å². The second kappa shape index (κ2) is 9.15. The summed E-state index contributed by atoms with van der Waals surface area (Å²) in [4.78, 5) is 3.99. The molecule has 0 saturated carbocycles. The topological polar surface area (TPSA) is 48.3 Å². The van der Waals surface area contributed by atoms with Crippen molar-refractivity contribution in [3.05, 3.63) is 18.7 Å². The molecular formula is C12H23N3O2. The summed E-state index contributed by atoms with van der Waals surface area (Å²) in [6, 6.07) is 0. The normalized spacial score (nSPS) is 11.2. The average molecular weight is 241 g/mol. The molecule has 0 spiro atoms. The number of ether oxygens (including phenoxy) is 2. The molecule has 0 aliphatic rings. The van der Waals surface area contributed by atoms with Gasteiger partial charge in [0.1, 0.15) is 0 Å². The zero-order valence-electron chi connectivity index (χ0n) is 10.8. The average Bonchev–Trinajstić information content (AvgIpc) is 2.82. The summed E-state index contributed by atoms with van der Waals surface area (Å²) in [5.74, 6) is 0. The Bertz CT molecular complexity index is 259. The molecule has 0 fully saturated rings. The van der Waals surface area contributed by atoms with Crippen molar-refractivity contribution < 1.29 is 9.47 Å². The van der Waals surface area contributed by atoms with Gasteiger partial charge in [0.05, 0.1) is 6.33 Å². The molecule has 1 rings (SSSR count). The third-order valence-corrected chi connectivity index (χ3v) is 2.37. The van der Waals surface area contributed by atoms with E-state index in [2.05, 4.69) is 14.9 Å². The van der Waals surface area contributed by atoms with Crippen LogP contribution in [0.1, 0.15) is 20.3 Å². The summed E-state index contributed by atoms with van der Waals surface area (Å²) in [7, 11) is 0. The highest BCUT2D eigenvalue weighted by Crippen LogP contribution is 1.99. The molecular weight excluding hydrogens is 218 g/mol. The van der Waals surface area contributed by atoms with Crippen LogP contribution in [-0.4, -0.2) is 42.1 Å². The number of aromatic nitrogens is 2. The molecule has 0 amide bonds. The van der Waals surface area contributed by atoms with Gasteiger partial charge in [0.25, 0.3) is 0 Å². The van der Waals surface area contributed by atoms with Gasteiger partial charge in [-0.15, -0.1) is 0 Å². The van der Waals surface area contributed by atoms with Gasteiger partial charge in [-0.2, -0.15) is 0 Å². The van der Waals surface area contributed by atoms with Crippen molar-refractivity contribution >= 4 is 0 Å². The first kappa shape index (κ1) is 14.2. The lowest BCUT2D eigenvalue weighted by Gasteiger charge is -2.16. The van der Waals surface area contributed by atoms with E-state index in [1.165, 1.54) is 0 Å². The zero-order chi connectivity index (χ0) is 12.3. The van der Waals surface area contributed by atoms with E-state index in [1.54, 1.807) is 6.20 Å². The Labute approximate surface area is 103 Å². The van der Waals surface area contributed by atoms with E-state index in [4.69, 9.17) is 9.47 Å². The Balaban J connectivity index is 2.01. The molecule has 0 aromatic carbocycles. The SMILES string of the molecule is CCOC(CCNCCn1ccnc1)OCC. The lowest BCUT2D eigenvalue weighted by Crippen LogP contribution is -2.26. The zero-order valence-corrected chi connectivity index (χ0v) is 10.8. The largest absolute Gasteiger partial charge is 0.353 e. The summed E-state index contributed by atoms with van der Waals surface area (Å²) in [5, 5.41) is 3.36. The Hall–Kier alpha value is -0.910. The molecule has 1 heterocycles. The van der Waals surface area contributed by atoms with E-state index < -0.39 is 0 Å². The molecule has 0 aliphatic heterocycles. The molecule has 5 heteroatoms. The minimum Gasteiger partial charge on any atom is -0.353 e. The predicted octanol–water partition coefficient (Wildman–Crippen LogP) is 1.26. The van der Waals surface area contributed by atoms with Crippen LogP contribution in [0.3, 0.4) is 0 Å². The molecule has 5 nitrogen and oxygen atoms in total. The monoisotopic (exact) mass is 241 g/mol. The van der Waals surface area contributed by atoms with Gasteiger partial charge < -0.3 is 19.4 Å². The number of hydrogen-bond acceptors (Lipinski definition) is 4. The van der Waals surface area contributed by atoms with E-state index >= 15 is 0 Å². The molecule has 1 N–H and O–H groups in total. The summed E-state index contributed by atoms with van der Waals surface area (Å²) in [5.41, 5.74) is 0. The van der Waals surface area contributed by atoms with Crippen molar-refractivity contribution in [3.8, 4) is 0 Å². The minimum atomic E-state index is -0.0780. The number of nitrogens with one attached hydrogen (secondary N) is 1. The molecule has 17 heavy (non-hydrogen) atoms. The fourth-order valence-electron chi connectivity index (χ4n) is 1.56. The molecule has 0 unspecified atom stereocenters. The van der Waals surface area contributed by atoms with Crippen molar-refractivity contribution in [2.24, 2.45) is 0 Å². The Morgan fingerprint density at radius 2 is 2.00 bits per heavy atom. The standard InChI is InChI=1S/C12H23N3O2/c1-3-16-12(17-4-2)5-6-13-7-9-15-10-8-14-11-15/h8,10-13H,3-7,9H2,1-2H3. The number of rotatable bonds is 10. The van der Waals surface area contributed by atoms with E-state index in [1.807, 2.05) is 26.4 Å². The molecule has 1 aromatic heterocycles. The van der Waals surface area contributed by atoms with Crippen molar-refractivity contribution in [3.63, 3.8) is 0 Å². The van der Waals surface area contributed by atoms with Gasteiger partial charge in [0, 0.05) is 51.7 Å². The van der Waals surface area contributed by atoms with Gasteiger partial charge in [-0.05, 0) is 13.8 Å².